The van der Waals surface area contributed by atoms with Crippen LogP contribution in [-0.2, 0) is 11.0 Å². The molecule has 0 unspecified atom stereocenters. The lowest BCUT2D eigenvalue weighted by molar-refractivity contribution is 0.228. The summed E-state index contributed by atoms with van der Waals surface area (Å²) in [5.74, 6) is 1.20. The Morgan fingerprint density at radius 2 is 1.76 bits per heavy atom. The molecular formula is C15H15Cl2N3O. The fourth-order valence-corrected chi connectivity index (χ4v) is 3.81. The van der Waals surface area contributed by atoms with Crippen LogP contribution in [0.4, 0.5) is 0 Å². The molecule has 0 spiro atoms. The second-order valence-corrected chi connectivity index (χ2v) is 6.93. The van der Waals surface area contributed by atoms with Crippen LogP contribution in [0.15, 0.2) is 22.7 Å². The molecule has 2 aromatic rings. The van der Waals surface area contributed by atoms with Gasteiger partial charge in [-0.05, 0) is 44.2 Å². The normalized spacial score (nSPS) is 21.9. The van der Waals surface area contributed by atoms with Crippen LogP contribution in [0.5, 0.6) is 0 Å². The van der Waals surface area contributed by atoms with E-state index in [2.05, 4.69) is 10.1 Å². The molecule has 0 radical (unpaired) electrons. The Bertz CT molecular complexity index is 684. The van der Waals surface area contributed by atoms with Gasteiger partial charge in [-0.15, -0.1) is 0 Å². The number of nitrogens with two attached hydrogens (primary N) is 1. The fraction of sp³-hybridized carbons (Fsp3) is 0.467. The average molecular weight is 324 g/mol. The van der Waals surface area contributed by atoms with E-state index in [1.165, 1.54) is 0 Å². The summed E-state index contributed by atoms with van der Waals surface area (Å²) in [5, 5.41) is 5.39. The smallest absolute Gasteiger partial charge is 0.237 e. The number of hydrogen-bond donors (Lipinski definition) is 1. The number of aromatic nitrogens is 2. The third kappa shape index (κ3) is 1.93. The van der Waals surface area contributed by atoms with Crippen LogP contribution in [0, 0.1) is 0 Å². The van der Waals surface area contributed by atoms with Crippen molar-refractivity contribution >= 4 is 23.2 Å². The average Bonchev–Trinajstić information content (AvgIpc) is 3.04. The van der Waals surface area contributed by atoms with E-state index in [4.69, 9.17) is 33.5 Å². The van der Waals surface area contributed by atoms with Gasteiger partial charge >= 0.3 is 0 Å². The highest BCUT2D eigenvalue weighted by atomic mass is 35.5. The minimum absolute atomic E-state index is 0.333. The van der Waals surface area contributed by atoms with Crippen LogP contribution in [-0.4, -0.2) is 10.1 Å². The van der Waals surface area contributed by atoms with Gasteiger partial charge in [-0.2, -0.15) is 4.98 Å². The van der Waals surface area contributed by atoms with Crippen molar-refractivity contribution in [2.45, 2.75) is 43.1 Å². The zero-order chi connectivity index (χ0) is 14.7. The van der Waals surface area contributed by atoms with Crippen molar-refractivity contribution in [3.8, 4) is 0 Å². The molecule has 1 heterocycles. The van der Waals surface area contributed by atoms with Gasteiger partial charge in [0, 0.05) is 15.6 Å². The highest BCUT2D eigenvalue weighted by molar-refractivity contribution is 6.36. The van der Waals surface area contributed by atoms with E-state index >= 15 is 0 Å². The maximum Gasteiger partial charge on any atom is 0.237 e. The van der Waals surface area contributed by atoms with E-state index in [9.17, 15) is 0 Å². The van der Waals surface area contributed by atoms with Crippen LogP contribution >= 0.6 is 23.2 Å². The van der Waals surface area contributed by atoms with Crippen LogP contribution in [0.3, 0.4) is 0 Å². The zero-order valence-electron chi connectivity index (χ0n) is 11.4. The lowest BCUT2D eigenvalue weighted by Gasteiger charge is -2.34. The van der Waals surface area contributed by atoms with Crippen molar-refractivity contribution in [3.05, 3.63) is 45.5 Å². The van der Waals surface area contributed by atoms with Gasteiger partial charge in [0.25, 0.3) is 0 Å². The summed E-state index contributed by atoms with van der Waals surface area (Å²) in [6, 6.07) is 5.53. The highest BCUT2D eigenvalue weighted by Crippen LogP contribution is 2.57. The van der Waals surface area contributed by atoms with Gasteiger partial charge in [0.1, 0.15) is 0 Å². The first-order chi connectivity index (χ1) is 10.1. The van der Waals surface area contributed by atoms with Crippen molar-refractivity contribution < 1.29 is 4.52 Å². The predicted octanol–water partition coefficient (Wildman–Crippen LogP) is 3.79. The number of hydrogen-bond acceptors (Lipinski definition) is 4. The molecule has 0 bridgehead atoms. The molecule has 2 aliphatic carbocycles. The topological polar surface area (TPSA) is 64.9 Å². The molecule has 0 aliphatic heterocycles. The molecule has 2 aliphatic rings. The van der Waals surface area contributed by atoms with Crippen molar-refractivity contribution in [3.63, 3.8) is 0 Å². The molecule has 2 fully saturated rings. The minimum Gasteiger partial charge on any atom is -0.338 e. The second-order valence-electron chi connectivity index (χ2n) is 6.11. The molecule has 4 nitrogen and oxygen atoms in total. The standard InChI is InChI=1S/C15H15Cl2N3O/c16-9-3-1-4-10(17)11(9)14(7-8-14)13-19-12(20-21-13)15(18)5-2-6-15/h1,3-4H,2,5-8,18H2. The molecule has 110 valence electrons. The van der Waals surface area contributed by atoms with Crippen LogP contribution in [0.25, 0.3) is 0 Å². The molecule has 0 saturated heterocycles. The number of nitrogens with zero attached hydrogens (tertiary/aromatic N) is 2. The summed E-state index contributed by atoms with van der Waals surface area (Å²) in [4.78, 5) is 4.58. The Labute approximate surface area is 132 Å². The molecule has 4 rings (SSSR count). The first kappa shape index (κ1) is 13.6. The third-order valence-corrected chi connectivity index (χ3v) is 5.35. The fourth-order valence-electron chi connectivity index (χ4n) is 3.05. The molecule has 0 atom stereocenters. The van der Waals surface area contributed by atoms with Crippen molar-refractivity contribution in [2.24, 2.45) is 5.73 Å². The molecular weight excluding hydrogens is 309 g/mol. The first-order valence-electron chi connectivity index (χ1n) is 7.13. The highest BCUT2D eigenvalue weighted by Gasteiger charge is 2.54. The van der Waals surface area contributed by atoms with E-state index in [1.807, 2.05) is 18.2 Å². The van der Waals surface area contributed by atoms with Gasteiger partial charge < -0.3 is 10.3 Å². The van der Waals surface area contributed by atoms with Crippen LogP contribution in [0.1, 0.15) is 49.4 Å². The molecule has 0 amide bonds. The van der Waals surface area contributed by atoms with Gasteiger partial charge in [0.2, 0.25) is 5.89 Å². The van der Waals surface area contributed by atoms with Crippen molar-refractivity contribution in [1.29, 1.82) is 0 Å². The molecule has 21 heavy (non-hydrogen) atoms. The SMILES string of the molecule is NC1(c2noc(C3(c4c(Cl)cccc4Cl)CC3)n2)CCC1. The lowest BCUT2D eigenvalue weighted by atomic mass is 9.77. The molecule has 1 aromatic heterocycles. The summed E-state index contributed by atoms with van der Waals surface area (Å²) in [6.07, 6.45) is 4.75. The second kappa shape index (κ2) is 4.45. The minimum atomic E-state index is -0.415. The maximum absolute atomic E-state index is 6.34. The monoisotopic (exact) mass is 323 g/mol. The summed E-state index contributed by atoms with van der Waals surface area (Å²) in [6.45, 7) is 0. The maximum atomic E-state index is 6.34. The summed E-state index contributed by atoms with van der Waals surface area (Å²) in [7, 11) is 0. The van der Waals surface area contributed by atoms with E-state index in [0.717, 1.165) is 37.7 Å². The summed E-state index contributed by atoms with van der Waals surface area (Å²) < 4.78 is 5.52. The molecule has 2 N–H and O–H groups in total. The molecule has 1 aromatic carbocycles. The van der Waals surface area contributed by atoms with Gasteiger partial charge in [0.05, 0.1) is 11.0 Å². The summed E-state index contributed by atoms with van der Waals surface area (Å²) >= 11 is 12.7. The third-order valence-electron chi connectivity index (χ3n) is 4.72. The van der Waals surface area contributed by atoms with Gasteiger partial charge in [-0.1, -0.05) is 34.4 Å². The Morgan fingerprint density at radius 1 is 1.10 bits per heavy atom. The Balaban J connectivity index is 1.76. The van der Waals surface area contributed by atoms with Crippen LogP contribution in [0.2, 0.25) is 10.0 Å². The van der Waals surface area contributed by atoms with E-state index in [-0.39, 0.29) is 5.41 Å². The Kier molecular flexibility index (Phi) is 2.87. The number of halogens is 2. The zero-order valence-corrected chi connectivity index (χ0v) is 12.9. The lowest BCUT2D eigenvalue weighted by Crippen LogP contribution is -2.44. The Morgan fingerprint density at radius 3 is 2.29 bits per heavy atom. The first-order valence-corrected chi connectivity index (χ1v) is 7.89. The van der Waals surface area contributed by atoms with Crippen LogP contribution < -0.4 is 5.73 Å². The van der Waals surface area contributed by atoms with E-state index in [0.29, 0.717) is 21.8 Å². The van der Waals surface area contributed by atoms with Crippen molar-refractivity contribution in [2.75, 3.05) is 0 Å². The van der Waals surface area contributed by atoms with E-state index < -0.39 is 5.54 Å². The number of benzene rings is 1. The Hall–Kier alpha value is -1.10. The largest absolute Gasteiger partial charge is 0.338 e. The summed E-state index contributed by atoms with van der Waals surface area (Å²) in [5.41, 5.74) is 6.41. The quantitative estimate of drug-likeness (QED) is 0.933. The van der Waals surface area contributed by atoms with Gasteiger partial charge in [-0.3, -0.25) is 0 Å². The van der Waals surface area contributed by atoms with Crippen molar-refractivity contribution in [1.82, 2.24) is 10.1 Å². The van der Waals surface area contributed by atoms with Gasteiger partial charge in [-0.25, -0.2) is 0 Å². The van der Waals surface area contributed by atoms with E-state index in [1.54, 1.807) is 0 Å². The number of rotatable bonds is 3. The predicted molar refractivity (Wildman–Crippen MR) is 80.5 cm³/mol. The molecule has 6 heteroatoms. The molecule has 2 saturated carbocycles. The van der Waals surface area contributed by atoms with Gasteiger partial charge in [0.15, 0.2) is 5.82 Å².